The second kappa shape index (κ2) is 9.17. The Morgan fingerprint density at radius 3 is 2.40 bits per heavy atom. The highest BCUT2D eigenvalue weighted by Gasteiger charge is 2.17. The van der Waals surface area contributed by atoms with Crippen LogP contribution in [0, 0.1) is 5.92 Å². The molecule has 0 aliphatic rings. The highest BCUT2D eigenvalue weighted by atomic mass is 15.3. The Hall–Kier alpha value is -0.830. The van der Waals surface area contributed by atoms with Gasteiger partial charge in [-0.05, 0) is 50.6 Å². The van der Waals surface area contributed by atoms with Crippen molar-refractivity contribution in [3.8, 4) is 0 Å². The standard InChI is InChI=1S/C17H33N3/c1-6-11-18-17(9-4)14(5)13-15-10-12-20(19-15)16(7-2)8-3/h10,12,14,16-18H,6-9,11,13H2,1-5H3. The molecule has 0 fully saturated rings. The molecule has 0 saturated carbocycles. The van der Waals surface area contributed by atoms with Crippen LogP contribution in [0.15, 0.2) is 12.3 Å². The van der Waals surface area contributed by atoms with Crippen LogP contribution < -0.4 is 5.32 Å². The Kier molecular flexibility index (Phi) is 7.90. The molecule has 2 atom stereocenters. The van der Waals surface area contributed by atoms with Crippen LogP contribution in [0.2, 0.25) is 0 Å². The Bertz CT molecular complexity index is 355. The van der Waals surface area contributed by atoms with Gasteiger partial charge in [0, 0.05) is 12.2 Å². The van der Waals surface area contributed by atoms with Gasteiger partial charge in [-0.15, -0.1) is 0 Å². The lowest BCUT2D eigenvalue weighted by molar-refractivity contribution is 0.358. The van der Waals surface area contributed by atoms with E-state index >= 15 is 0 Å². The molecular formula is C17H33N3. The molecule has 3 heteroatoms. The van der Waals surface area contributed by atoms with E-state index in [2.05, 4.69) is 56.9 Å². The molecule has 1 heterocycles. The molecule has 0 bridgehead atoms. The summed E-state index contributed by atoms with van der Waals surface area (Å²) in [6.45, 7) is 12.4. The number of aromatic nitrogens is 2. The summed E-state index contributed by atoms with van der Waals surface area (Å²) in [6.07, 6.45) is 7.93. The van der Waals surface area contributed by atoms with Crippen LogP contribution in [-0.2, 0) is 6.42 Å². The molecule has 20 heavy (non-hydrogen) atoms. The molecule has 116 valence electrons. The maximum atomic E-state index is 4.78. The molecule has 1 aromatic heterocycles. The van der Waals surface area contributed by atoms with Gasteiger partial charge in [0.05, 0.1) is 11.7 Å². The van der Waals surface area contributed by atoms with E-state index < -0.39 is 0 Å². The van der Waals surface area contributed by atoms with Gasteiger partial charge < -0.3 is 5.32 Å². The van der Waals surface area contributed by atoms with Crippen molar-refractivity contribution < 1.29 is 0 Å². The Labute approximate surface area is 125 Å². The summed E-state index contributed by atoms with van der Waals surface area (Å²) in [5.41, 5.74) is 1.24. The maximum absolute atomic E-state index is 4.78. The van der Waals surface area contributed by atoms with Gasteiger partial charge in [-0.25, -0.2) is 0 Å². The minimum Gasteiger partial charge on any atom is -0.314 e. The Balaban J connectivity index is 2.58. The largest absolute Gasteiger partial charge is 0.314 e. The van der Waals surface area contributed by atoms with Crippen molar-refractivity contribution in [1.29, 1.82) is 0 Å². The molecule has 0 saturated heterocycles. The molecule has 1 aromatic rings. The van der Waals surface area contributed by atoms with E-state index in [0.29, 0.717) is 18.0 Å². The zero-order chi connectivity index (χ0) is 15.0. The van der Waals surface area contributed by atoms with Gasteiger partial charge in [-0.1, -0.05) is 34.6 Å². The van der Waals surface area contributed by atoms with Crippen molar-refractivity contribution in [2.45, 2.75) is 78.8 Å². The van der Waals surface area contributed by atoms with Crippen molar-refractivity contribution in [2.75, 3.05) is 6.54 Å². The highest BCUT2D eigenvalue weighted by molar-refractivity contribution is 5.02. The zero-order valence-corrected chi connectivity index (χ0v) is 14.0. The third kappa shape index (κ3) is 4.93. The van der Waals surface area contributed by atoms with Crippen LogP contribution in [0.4, 0.5) is 0 Å². The van der Waals surface area contributed by atoms with E-state index in [0.717, 1.165) is 25.8 Å². The average Bonchev–Trinajstić information content (AvgIpc) is 2.89. The van der Waals surface area contributed by atoms with E-state index in [9.17, 15) is 0 Å². The Morgan fingerprint density at radius 1 is 1.15 bits per heavy atom. The van der Waals surface area contributed by atoms with Crippen LogP contribution in [0.3, 0.4) is 0 Å². The molecule has 0 aliphatic heterocycles. The molecule has 2 unspecified atom stereocenters. The number of hydrogen-bond donors (Lipinski definition) is 1. The second-order valence-corrected chi connectivity index (χ2v) is 5.91. The first-order valence-corrected chi connectivity index (χ1v) is 8.43. The molecule has 0 aliphatic carbocycles. The number of hydrogen-bond acceptors (Lipinski definition) is 2. The van der Waals surface area contributed by atoms with Crippen molar-refractivity contribution in [2.24, 2.45) is 5.92 Å². The summed E-state index contributed by atoms with van der Waals surface area (Å²) >= 11 is 0. The van der Waals surface area contributed by atoms with Gasteiger partial charge in [-0.3, -0.25) is 4.68 Å². The monoisotopic (exact) mass is 279 g/mol. The van der Waals surface area contributed by atoms with Crippen LogP contribution in [0.25, 0.3) is 0 Å². The van der Waals surface area contributed by atoms with Crippen LogP contribution in [0.5, 0.6) is 0 Å². The van der Waals surface area contributed by atoms with Crippen molar-refractivity contribution in [3.63, 3.8) is 0 Å². The van der Waals surface area contributed by atoms with E-state index in [-0.39, 0.29) is 0 Å². The van der Waals surface area contributed by atoms with Crippen molar-refractivity contribution >= 4 is 0 Å². The normalized spacial score (nSPS) is 14.7. The fourth-order valence-corrected chi connectivity index (χ4v) is 2.90. The van der Waals surface area contributed by atoms with E-state index in [1.54, 1.807) is 0 Å². The fourth-order valence-electron chi connectivity index (χ4n) is 2.90. The van der Waals surface area contributed by atoms with Crippen molar-refractivity contribution in [3.05, 3.63) is 18.0 Å². The number of nitrogens with zero attached hydrogens (tertiary/aromatic N) is 2. The predicted octanol–water partition coefficient (Wildman–Crippen LogP) is 4.20. The first-order chi connectivity index (χ1) is 9.65. The molecule has 0 radical (unpaired) electrons. The molecule has 1 N–H and O–H groups in total. The minimum atomic E-state index is 0.555. The predicted molar refractivity (Wildman–Crippen MR) is 87.1 cm³/mol. The quantitative estimate of drug-likeness (QED) is 0.695. The smallest absolute Gasteiger partial charge is 0.0627 e. The third-order valence-electron chi connectivity index (χ3n) is 4.29. The van der Waals surface area contributed by atoms with Crippen LogP contribution in [0.1, 0.15) is 72.0 Å². The molecule has 1 rings (SSSR count). The summed E-state index contributed by atoms with van der Waals surface area (Å²) in [6, 6.07) is 3.36. The summed E-state index contributed by atoms with van der Waals surface area (Å²) in [4.78, 5) is 0. The van der Waals surface area contributed by atoms with E-state index in [1.165, 1.54) is 18.5 Å². The summed E-state index contributed by atoms with van der Waals surface area (Å²) in [5.74, 6) is 0.636. The first kappa shape index (κ1) is 17.2. The molecule has 0 aromatic carbocycles. The van der Waals surface area contributed by atoms with Gasteiger partial charge in [0.2, 0.25) is 0 Å². The van der Waals surface area contributed by atoms with Crippen molar-refractivity contribution in [1.82, 2.24) is 15.1 Å². The van der Waals surface area contributed by atoms with Gasteiger partial charge in [0.1, 0.15) is 0 Å². The van der Waals surface area contributed by atoms with Crippen LogP contribution >= 0.6 is 0 Å². The lowest BCUT2D eigenvalue weighted by Crippen LogP contribution is -2.36. The topological polar surface area (TPSA) is 29.9 Å². The summed E-state index contributed by atoms with van der Waals surface area (Å²) < 4.78 is 2.16. The minimum absolute atomic E-state index is 0.555. The third-order valence-corrected chi connectivity index (χ3v) is 4.29. The van der Waals surface area contributed by atoms with Gasteiger partial charge >= 0.3 is 0 Å². The summed E-state index contributed by atoms with van der Waals surface area (Å²) in [5, 5.41) is 8.43. The van der Waals surface area contributed by atoms with Gasteiger partial charge in [0.25, 0.3) is 0 Å². The van der Waals surface area contributed by atoms with E-state index in [4.69, 9.17) is 5.10 Å². The van der Waals surface area contributed by atoms with Crippen LogP contribution in [-0.4, -0.2) is 22.4 Å². The Morgan fingerprint density at radius 2 is 1.85 bits per heavy atom. The lowest BCUT2D eigenvalue weighted by atomic mass is 9.94. The molecule has 3 nitrogen and oxygen atoms in total. The average molecular weight is 279 g/mol. The van der Waals surface area contributed by atoms with Gasteiger partial charge in [0.15, 0.2) is 0 Å². The fraction of sp³-hybridized carbons (Fsp3) is 0.824. The second-order valence-electron chi connectivity index (χ2n) is 5.91. The van der Waals surface area contributed by atoms with E-state index in [1.807, 2.05) is 0 Å². The number of nitrogens with one attached hydrogen (secondary N) is 1. The SMILES string of the molecule is CCCNC(CC)C(C)Cc1ccn(C(CC)CC)n1. The highest BCUT2D eigenvalue weighted by Crippen LogP contribution is 2.17. The molecular weight excluding hydrogens is 246 g/mol. The maximum Gasteiger partial charge on any atom is 0.0627 e. The zero-order valence-electron chi connectivity index (χ0n) is 14.0. The molecule has 0 amide bonds. The number of rotatable bonds is 10. The lowest BCUT2D eigenvalue weighted by Gasteiger charge is -2.23. The first-order valence-electron chi connectivity index (χ1n) is 8.43. The summed E-state index contributed by atoms with van der Waals surface area (Å²) in [7, 11) is 0. The molecule has 0 spiro atoms. The van der Waals surface area contributed by atoms with Gasteiger partial charge in [-0.2, -0.15) is 5.10 Å².